The molecule has 46 heavy (non-hydrogen) atoms. The molecular weight excluding hydrogens is 613 g/mol. The molecule has 3 aromatic carbocycles. The molecule has 0 bridgehead atoms. The highest BCUT2D eigenvalue weighted by Gasteiger charge is 2.70. The number of amides is 4. The van der Waals surface area contributed by atoms with Crippen LogP contribution in [0.4, 0.5) is 10.1 Å². The Hall–Kier alpha value is -4.70. The van der Waals surface area contributed by atoms with E-state index in [1.807, 2.05) is 6.08 Å². The van der Waals surface area contributed by atoms with Gasteiger partial charge in [0, 0.05) is 17.5 Å². The van der Waals surface area contributed by atoms with E-state index >= 15 is 4.79 Å². The number of nitrogens with one attached hydrogen (secondary N) is 1. The molecule has 3 aromatic rings. The lowest BCUT2D eigenvalue weighted by Gasteiger charge is -2.50. The molecule has 0 aromatic heterocycles. The van der Waals surface area contributed by atoms with Crippen molar-refractivity contribution in [3.05, 3.63) is 100 Å². The first kappa shape index (κ1) is 30.0. The van der Waals surface area contributed by atoms with E-state index in [4.69, 9.17) is 16.3 Å². The molecule has 6 atom stereocenters. The number of benzene rings is 3. The summed E-state index contributed by atoms with van der Waals surface area (Å²) in [5, 5.41) is 12.4. The first-order valence-corrected chi connectivity index (χ1v) is 15.6. The Kier molecular flexibility index (Phi) is 7.15. The second kappa shape index (κ2) is 11.0. The smallest absolute Gasteiger partial charge is 0.260 e. The van der Waals surface area contributed by atoms with E-state index in [9.17, 15) is 23.9 Å². The number of halogens is 2. The summed E-state index contributed by atoms with van der Waals surface area (Å²) in [6.07, 6.45) is 2.39. The number of hydrogen-bond donors (Lipinski definition) is 2. The normalized spacial score (nSPS) is 28.5. The molecule has 0 radical (unpaired) electrons. The van der Waals surface area contributed by atoms with Crippen LogP contribution in [0.1, 0.15) is 36.8 Å². The van der Waals surface area contributed by atoms with Crippen LogP contribution in [-0.4, -0.2) is 52.3 Å². The van der Waals surface area contributed by atoms with Gasteiger partial charge in [-0.2, -0.15) is 5.01 Å². The average molecular weight is 644 g/mol. The molecule has 0 unspecified atom stereocenters. The van der Waals surface area contributed by atoms with Gasteiger partial charge in [-0.25, -0.2) is 4.39 Å². The number of nitrogens with zero attached hydrogens (tertiary/aromatic N) is 2. The van der Waals surface area contributed by atoms with Crippen LogP contribution >= 0.6 is 11.6 Å². The highest BCUT2D eigenvalue weighted by molar-refractivity contribution is 6.30. The molecule has 4 aliphatic rings. The zero-order valence-corrected chi connectivity index (χ0v) is 25.8. The second-order valence-electron chi connectivity index (χ2n) is 12.2. The predicted octanol–water partition coefficient (Wildman–Crippen LogP) is 5.20. The number of likely N-dealkylation sites (tertiary alicyclic amines) is 1. The predicted molar refractivity (Wildman–Crippen MR) is 166 cm³/mol. The van der Waals surface area contributed by atoms with Gasteiger partial charge in [0.05, 0.1) is 36.0 Å². The summed E-state index contributed by atoms with van der Waals surface area (Å²) >= 11 is 6.30. The second-order valence-corrected chi connectivity index (χ2v) is 12.7. The van der Waals surface area contributed by atoms with Crippen LogP contribution < -0.4 is 10.2 Å². The van der Waals surface area contributed by atoms with E-state index in [-0.39, 0.29) is 36.3 Å². The highest BCUT2D eigenvalue weighted by Crippen LogP contribution is 2.64. The fourth-order valence-electron chi connectivity index (χ4n) is 8.29. The minimum absolute atomic E-state index is 0.136. The molecule has 2 aliphatic carbocycles. The van der Waals surface area contributed by atoms with Crippen molar-refractivity contribution in [1.29, 1.82) is 0 Å². The van der Waals surface area contributed by atoms with Gasteiger partial charge in [0.25, 0.3) is 11.8 Å². The molecule has 3 fully saturated rings. The van der Waals surface area contributed by atoms with Crippen molar-refractivity contribution < 1.29 is 33.4 Å². The number of ether oxygens (including phenoxy) is 1. The number of aromatic hydroxyl groups is 1. The van der Waals surface area contributed by atoms with Crippen LogP contribution in [0.3, 0.4) is 0 Å². The minimum Gasteiger partial charge on any atom is -0.504 e. The summed E-state index contributed by atoms with van der Waals surface area (Å²) < 4.78 is 19.1. The molecule has 11 heteroatoms. The van der Waals surface area contributed by atoms with E-state index < -0.39 is 52.6 Å². The van der Waals surface area contributed by atoms with E-state index in [1.54, 1.807) is 43.3 Å². The van der Waals surface area contributed by atoms with Crippen LogP contribution in [0.2, 0.25) is 5.02 Å². The van der Waals surface area contributed by atoms with Crippen molar-refractivity contribution in [3.8, 4) is 11.5 Å². The molecule has 0 spiro atoms. The minimum atomic E-state index is -1.53. The van der Waals surface area contributed by atoms with Crippen molar-refractivity contribution in [2.45, 2.75) is 31.1 Å². The van der Waals surface area contributed by atoms with Gasteiger partial charge in [-0.05, 0) is 85.3 Å². The monoisotopic (exact) mass is 643 g/mol. The molecule has 4 amide bonds. The zero-order chi connectivity index (χ0) is 32.5. The number of carbonyl (C=O) groups excluding carboxylic acids is 4. The van der Waals surface area contributed by atoms with Gasteiger partial charge in [-0.1, -0.05) is 41.4 Å². The number of allylic oxidation sites excluding steroid dienone is 2. The number of phenols is 1. The maximum Gasteiger partial charge on any atom is 0.260 e. The lowest BCUT2D eigenvalue weighted by molar-refractivity contribution is -0.141. The van der Waals surface area contributed by atoms with E-state index in [2.05, 4.69) is 5.43 Å². The Morgan fingerprint density at radius 2 is 1.70 bits per heavy atom. The topological polar surface area (TPSA) is 116 Å². The molecule has 2 saturated heterocycles. The van der Waals surface area contributed by atoms with Crippen molar-refractivity contribution in [2.75, 3.05) is 19.1 Å². The van der Waals surface area contributed by atoms with Gasteiger partial charge in [0.1, 0.15) is 5.82 Å². The molecule has 236 valence electrons. The number of methoxy groups -OCH3 is 1. The Balaban J connectivity index is 1.47. The maximum atomic E-state index is 15.0. The third-order valence-electron chi connectivity index (χ3n) is 10.2. The fraction of sp³-hybridized carbons (Fsp3) is 0.314. The number of phenolic OH excluding ortho intramolecular Hbond substituents is 1. The third kappa shape index (κ3) is 4.19. The Labute approximate surface area is 269 Å². The Morgan fingerprint density at radius 3 is 2.35 bits per heavy atom. The molecule has 9 nitrogen and oxygen atoms in total. The number of imide groups is 2. The fourth-order valence-corrected chi connectivity index (χ4v) is 8.42. The first-order valence-electron chi connectivity index (χ1n) is 15.2. The van der Waals surface area contributed by atoms with Crippen LogP contribution in [0, 0.1) is 29.5 Å². The third-order valence-corrected chi connectivity index (χ3v) is 10.5. The van der Waals surface area contributed by atoms with Crippen LogP contribution in [0.5, 0.6) is 11.5 Å². The van der Waals surface area contributed by atoms with E-state index in [0.29, 0.717) is 28.3 Å². The molecule has 2 aliphatic heterocycles. The summed E-state index contributed by atoms with van der Waals surface area (Å²) in [5.74, 6) is -5.51. The van der Waals surface area contributed by atoms with E-state index in [0.717, 1.165) is 10.6 Å². The van der Waals surface area contributed by atoms with Gasteiger partial charge in [0.2, 0.25) is 11.8 Å². The van der Waals surface area contributed by atoms with Crippen molar-refractivity contribution >= 4 is 40.9 Å². The van der Waals surface area contributed by atoms with Crippen LogP contribution in [0.25, 0.3) is 0 Å². The summed E-state index contributed by atoms with van der Waals surface area (Å²) in [6.45, 7) is 2.00. The largest absolute Gasteiger partial charge is 0.504 e. The van der Waals surface area contributed by atoms with Crippen molar-refractivity contribution in [1.82, 2.24) is 9.91 Å². The average Bonchev–Trinajstić information content (AvgIpc) is 3.42. The maximum absolute atomic E-state index is 15.0. The molecular formula is C35H31ClFN3O6. The summed E-state index contributed by atoms with van der Waals surface area (Å²) in [5.41, 5.74) is 3.56. The SMILES string of the molecule is CCN1C(=O)[C@H]2[C@H](CC=C3[C@H]2C[C@H]2C(=O)N(Nc4ccc(F)cc4)C(=O)[C@@]2(c2ccc(Cl)cc2)[C@H]3c2ccc(OC)c(O)c2)C1=O. The summed E-state index contributed by atoms with van der Waals surface area (Å²) in [4.78, 5) is 57.9. The lowest BCUT2D eigenvalue weighted by atomic mass is 9.49. The number of rotatable bonds is 6. The van der Waals surface area contributed by atoms with Gasteiger partial charge < -0.3 is 9.84 Å². The van der Waals surface area contributed by atoms with Gasteiger partial charge in [-0.15, -0.1) is 0 Å². The van der Waals surface area contributed by atoms with Gasteiger partial charge >= 0.3 is 0 Å². The summed E-state index contributed by atoms with van der Waals surface area (Å²) in [7, 11) is 1.43. The number of carbonyl (C=O) groups is 4. The molecule has 2 heterocycles. The zero-order valence-electron chi connectivity index (χ0n) is 25.1. The van der Waals surface area contributed by atoms with Crippen LogP contribution in [-0.2, 0) is 24.6 Å². The number of hydrazine groups is 1. The number of anilines is 1. The molecule has 2 N–H and O–H groups in total. The first-order chi connectivity index (χ1) is 22.1. The van der Waals surface area contributed by atoms with Gasteiger partial charge in [0.15, 0.2) is 11.5 Å². The summed E-state index contributed by atoms with van der Waals surface area (Å²) in [6, 6.07) is 17.0. The molecule has 1 saturated carbocycles. The highest BCUT2D eigenvalue weighted by atomic mass is 35.5. The molecule has 7 rings (SSSR count). The van der Waals surface area contributed by atoms with Crippen LogP contribution in [0.15, 0.2) is 78.4 Å². The van der Waals surface area contributed by atoms with Crippen molar-refractivity contribution in [2.24, 2.45) is 23.7 Å². The Morgan fingerprint density at radius 1 is 0.978 bits per heavy atom. The lowest BCUT2D eigenvalue weighted by Crippen LogP contribution is -2.53. The standard InChI is InChI=1S/C35H31ClFN3O6/c1-3-39-31(42)24-14-13-23-25(29(24)33(39)44)17-26-32(43)40(38-22-11-9-21(37)10-12-22)34(45)35(26,19-5-7-20(36)8-6-19)30(23)18-4-15-28(46-2)27(41)16-18/h4-13,15-16,24-26,29-30,38,41H,3,14,17H2,1-2H3/t24-,25+,26-,29-,30-,35+/m0/s1. The quantitative estimate of drug-likeness (QED) is 0.280. The number of fused-ring (bicyclic) bond motifs is 4. The number of hydrogen-bond acceptors (Lipinski definition) is 7. The Bertz CT molecular complexity index is 1810. The van der Waals surface area contributed by atoms with E-state index in [1.165, 1.54) is 42.3 Å². The van der Waals surface area contributed by atoms with Gasteiger partial charge in [-0.3, -0.25) is 29.5 Å². The van der Waals surface area contributed by atoms with Crippen molar-refractivity contribution in [3.63, 3.8) is 0 Å².